The third-order valence-corrected chi connectivity index (χ3v) is 3.44. The van der Waals surface area contributed by atoms with Crippen LogP contribution in [-0.2, 0) is 9.53 Å². The number of methoxy groups -OCH3 is 1. The summed E-state index contributed by atoms with van der Waals surface area (Å²) in [4.78, 5) is 24.5. The molecule has 0 aromatic rings. The quantitative estimate of drug-likeness (QED) is 0.711. The second kappa shape index (κ2) is 6.58. The Balaban J connectivity index is 2.46. The molecule has 2 amide bonds. The van der Waals surface area contributed by atoms with Crippen molar-refractivity contribution >= 4 is 12.0 Å². The first-order valence-electron chi connectivity index (χ1n) is 6.22. The standard InChI is InChI=1S/C12H22N2O4/c1-8(9-4-5-9)14(2)12(17)13-10(11(15)16)6-7-18-3/h8-10H,4-7H2,1-3H3,(H,13,17)(H,15,16). The maximum atomic E-state index is 11.9. The van der Waals surface area contributed by atoms with Crippen molar-refractivity contribution in [2.24, 2.45) is 5.92 Å². The molecule has 18 heavy (non-hydrogen) atoms. The summed E-state index contributed by atoms with van der Waals surface area (Å²) in [5, 5.41) is 11.5. The van der Waals surface area contributed by atoms with Crippen LogP contribution < -0.4 is 5.32 Å². The van der Waals surface area contributed by atoms with Gasteiger partial charge in [-0.2, -0.15) is 0 Å². The van der Waals surface area contributed by atoms with Crippen LogP contribution in [0.5, 0.6) is 0 Å². The Morgan fingerprint density at radius 3 is 2.56 bits per heavy atom. The summed E-state index contributed by atoms with van der Waals surface area (Å²) in [6.07, 6.45) is 2.55. The smallest absolute Gasteiger partial charge is 0.326 e. The number of aliphatic carboxylic acids is 1. The Labute approximate surface area is 107 Å². The fraction of sp³-hybridized carbons (Fsp3) is 0.833. The number of amides is 2. The Bertz CT molecular complexity index is 304. The molecular weight excluding hydrogens is 236 g/mol. The van der Waals surface area contributed by atoms with Crippen LogP contribution in [0.15, 0.2) is 0 Å². The van der Waals surface area contributed by atoms with E-state index >= 15 is 0 Å². The van der Waals surface area contributed by atoms with E-state index in [0.717, 1.165) is 12.8 Å². The van der Waals surface area contributed by atoms with E-state index in [1.165, 1.54) is 7.11 Å². The van der Waals surface area contributed by atoms with Crippen molar-refractivity contribution in [1.82, 2.24) is 10.2 Å². The molecule has 2 N–H and O–H groups in total. The van der Waals surface area contributed by atoms with E-state index in [-0.39, 0.29) is 18.5 Å². The van der Waals surface area contributed by atoms with Crippen molar-refractivity contribution < 1.29 is 19.4 Å². The predicted molar refractivity (Wildman–Crippen MR) is 66.4 cm³/mol. The van der Waals surface area contributed by atoms with Gasteiger partial charge in [-0.3, -0.25) is 0 Å². The predicted octanol–water partition coefficient (Wildman–Crippen LogP) is 0.916. The van der Waals surface area contributed by atoms with Gasteiger partial charge in [0.15, 0.2) is 0 Å². The van der Waals surface area contributed by atoms with E-state index in [1.807, 2.05) is 6.92 Å². The Morgan fingerprint density at radius 1 is 1.50 bits per heavy atom. The van der Waals surface area contributed by atoms with Gasteiger partial charge < -0.3 is 20.1 Å². The van der Waals surface area contributed by atoms with Crippen LogP contribution in [0, 0.1) is 5.92 Å². The fourth-order valence-corrected chi connectivity index (χ4v) is 1.82. The molecule has 0 aromatic heterocycles. The molecule has 0 aliphatic heterocycles. The molecule has 2 atom stereocenters. The molecule has 0 radical (unpaired) electrons. The van der Waals surface area contributed by atoms with E-state index < -0.39 is 12.0 Å². The normalized spacial score (nSPS) is 17.9. The average Bonchev–Trinajstić information content (AvgIpc) is 3.15. The Hall–Kier alpha value is -1.30. The summed E-state index contributed by atoms with van der Waals surface area (Å²) >= 11 is 0. The second-order valence-corrected chi connectivity index (χ2v) is 4.81. The summed E-state index contributed by atoms with van der Waals surface area (Å²) in [5.41, 5.74) is 0. The molecule has 1 aliphatic carbocycles. The van der Waals surface area contributed by atoms with Crippen LogP contribution in [0.1, 0.15) is 26.2 Å². The lowest BCUT2D eigenvalue weighted by molar-refractivity contribution is -0.139. The highest BCUT2D eigenvalue weighted by Gasteiger charge is 2.33. The van der Waals surface area contributed by atoms with Gasteiger partial charge in [0.2, 0.25) is 0 Å². The van der Waals surface area contributed by atoms with Crippen LogP contribution >= 0.6 is 0 Å². The highest BCUT2D eigenvalue weighted by Crippen LogP contribution is 2.34. The fourth-order valence-electron chi connectivity index (χ4n) is 1.82. The van der Waals surface area contributed by atoms with Gasteiger partial charge in [0, 0.05) is 33.2 Å². The lowest BCUT2D eigenvalue weighted by atomic mass is 10.2. The number of hydrogen-bond donors (Lipinski definition) is 2. The van der Waals surface area contributed by atoms with Gasteiger partial charge in [0.1, 0.15) is 6.04 Å². The monoisotopic (exact) mass is 258 g/mol. The topological polar surface area (TPSA) is 78.9 Å². The van der Waals surface area contributed by atoms with Crippen LogP contribution in [-0.4, -0.2) is 54.9 Å². The van der Waals surface area contributed by atoms with Gasteiger partial charge in [0.25, 0.3) is 0 Å². The summed E-state index contributed by atoms with van der Waals surface area (Å²) in [6, 6.07) is -1.08. The third-order valence-electron chi connectivity index (χ3n) is 3.44. The number of urea groups is 1. The lowest BCUT2D eigenvalue weighted by Crippen LogP contribution is -2.50. The first-order valence-corrected chi connectivity index (χ1v) is 6.22. The van der Waals surface area contributed by atoms with Gasteiger partial charge in [-0.1, -0.05) is 0 Å². The zero-order valence-corrected chi connectivity index (χ0v) is 11.2. The molecule has 104 valence electrons. The molecule has 1 saturated carbocycles. The van der Waals surface area contributed by atoms with Crippen molar-refractivity contribution in [2.75, 3.05) is 20.8 Å². The van der Waals surface area contributed by atoms with Crippen LogP contribution in [0.2, 0.25) is 0 Å². The maximum Gasteiger partial charge on any atom is 0.326 e. The SMILES string of the molecule is COCCC(NC(=O)N(C)C(C)C1CC1)C(=O)O. The molecule has 0 aromatic carbocycles. The number of rotatable bonds is 7. The molecule has 0 bridgehead atoms. The largest absolute Gasteiger partial charge is 0.480 e. The van der Waals surface area contributed by atoms with E-state index in [4.69, 9.17) is 9.84 Å². The first-order chi connectivity index (χ1) is 8.47. The Morgan fingerprint density at radius 2 is 2.11 bits per heavy atom. The first kappa shape index (κ1) is 14.8. The average molecular weight is 258 g/mol. The van der Waals surface area contributed by atoms with E-state index in [2.05, 4.69) is 5.32 Å². The second-order valence-electron chi connectivity index (χ2n) is 4.81. The molecule has 2 unspecified atom stereocenters. The van der Waals surface area contributed by atoms with Gasteiger partial charge in [0.05, 0.1) is 0 Å². The Kier molecular flexibility index (Phi) is 5.40. The summed E-state index contributed by atoms with van der Waals surface area (Å²) in [6.45, 7) is 2.29. The number of carbonyl (C=O) groups is 2. The third kappa shape index (κ3) is 4.18. The molecule has 1 aliphatic rings. The van der Waals surface area contributed by atoms with Gasteiger partial charge in [-0.25, -0.2) is 9.59 Å². The molecule has 1 fully saturated rings. The van der Waals surface area contributed by atoms with Gasteiger partial charge in [-0.15, -0.1) is 0 Å². The van der Waals surface area contributed by atoms with E-state index in [9.17, 15) is 9.59 Å². The zero-order chi connectivity index (χ0) is 13.7. The number of carboxylic acids is 1. The molecular formula is C12H22N2O4. The molecule has 6 nitrogen and oxygen atoms in total. The van der Waals surface area contributed by atoms with Gasteiger partial charge in [-0.05, 0) is 25.7 Å². The molecule has 6 heteroatoms. The lowest BCUT2D eigenvalue weighted by Gasteiger charge is -2.26. The van der Waals surface area contributed by atoms with Crippen molar-refractivity contribution in [2.45, 2.75) is 38.3 Å². The summed E-state index contributed by atoms with van der Waals surface area (Å²) < 4.78 is 4.83. The summed E-state index contributed by atoms with van der Waals surface area (Å²) in [5.74, 6) is -0.476. The van der Waals surface area contributed by atoms with Crippen LogP contribution in [0.4, 0.5) is 4.79 Å². The number of hydrogen-bond acceptors (Lipinski definition) is 3. The van der Waals surface area contributed by atoms with Crippen LogP contribution in [0.25, 0.3) is 0 Å². The number of carbonyl (C=O) groups excluding carboxylic acids is 1. The highest BCUT2D eigenvalue weighted by molar-refractivity contribution is 5.82. The van der Waals surface area contributed by atoms with Crippen molar-refractivity contribution in [1.29, 1.82) is 0 Å². The van der Waals surface area contributed by atoms with Crippen molar-refractivity contribution in [3.63, 3.8) is 0 Å². The molecule has 0 spiro atoms. The van der Waals surface area contributed by atoms with Crippen molar-refractivity contribution in [3.8, 4) is 0 Å². The number of ether oxygens (including phenoxy) is 1. The number of nitrogens with one attached hydrogen (secondary N) is 1. The van der Waals surface area contributed by atoms with E-state index in [1.54, 1.807) is 11.9 Å². The van der Waals surface area contributed by atoms with Crippen molar-refractivity contribution in [3.05, 3.63) is 0 Å². The minimum atomic E-state index is -1.03. The van der Waals surface area contributed by atoms with Crippen LogP contribution in [0.3, 0.4) is 0 Å². The van der Waals surface area contributed by atoms with E-state index in [0.29, 0.717) is 12.5 Å². The minimum Gasteiger partial charge on any atom is -0.480 e. The molecule has 0 heterocycles. The zero-order valence-electron chi connectivity index (χ0n) is 11.2. The summed E-state index contributed by atoms with van der Waals surface area (Å²) in [7, 11) is 3.20. The number of carboxylic acid groups (broad SMARTS) is 1. The van der Waals surface area contributed by atoms with Gasteiger partial charge >= 0.3 is 12.0 Å². The maximum absolute atomic E-state index is 11.9. The highest BCUT2D eigenvalue weighted by atomic mass is 16.5. The number of nitrogens with zero attached hydrogens (tertiary/aromatic N) is 1. The molecule has 0 saturated heterocycles. The minimum absolute atomic E-state index is 0.155. The molecule has 1 rings (SSSR count).